The van der Waals surface area contributed by atoms with Crippen LogP contribution in [0, 0.1) is 0 Å². The Balaban J connectivity index is 2.04. The molecule has 0 saturated heterocycles. The minimum Gasteiger partial charge on any atom is -0.381 e. The molecule has 5 nitrogen and oxygen atoms in total. The molecule has 0 saturated carbocycles. The number of nitrogens with one attached hydrogen (secondary N) is 3. The number of aliphatic hydroxyl groups is 1. The van der Waals surface area contributed by atoms with Crippen molar-refractivity contribution in [2.75, 3.05) is 39.3 Å². The van der Waals surface area contributed by atoms with Crippen molar-refractivity contribution in [2.24, 2.45) is 0 Å². The predicted octanol–water partition coefficient (Wildman–Crippen LogP) is 4.87. The molecule has 202 valence electrons. The van der Waals surface area contributed by atoms with Crippen LogP contribution in [0.5, 0.6) is 0 Å². The number of nitrogens with zero attached hydrogens (tertiary/aromatic N) is 1. The van der Waals surface area contributed by atoms with E-state index in [2.05, 4.69) is 96.5 Å². The third-order valence-electron chi connectivity index (χ3n) is 6.40. The largest absolute Gasteiger partial charge is 0.381 e. The lowest BCUT2D eigenvalue weighted by Crippen LogP contribution is -2.53. The Bertz CT molecular complexity index is 824. The van der Waals surface area contributed by atoms with E-state index in [0.717, 1.165) is 56.4 Å². The lowest BCUT2D eigenvalue weighted by molar-refractivity contribution is 0.0999. The minimum absolute atomic E-state index is 0.725. The van der Waals surface area contributed by atoms with Gasteiger partial charge in [0.25, 0.3) is 0 Å². The molecule has 0 spiro atoms. The van der Waals surface area contributed by atoms with Gasteiger partial charge in [-0.1, -0.05) is 113 Å². The zero-order valence-corrected chi connectivity index (χ0v) is 27.1. The Morgan fingerprint density at radius 2 is 0.972 bits per heavy atom. The van der Waals surface area contributed by atoms with Gasteiger partial charge in [0, 0.05) is 39.3 Å². The molecular formula is C28H52N4OSi3. The summed E-state index contributed by atoms with van der Waals surface area (Å²) in [4.78, 5) is 14.0. The molecular weight excluding hydrogens is 493 g/mol. The molecule has 0 heterocycles. The van der Waals surface area contributed by atoms with Gasteiger partial charge in [-0.25, -0.2) is 0 Å². The monoisotopic (exact) mass is 544 g/mol. The lowest BCUT2D eigenvalue weighted by atomic mass is 9.88. The van der Waals surface area contributed by atoms with Crippen LogP contribution in [0.3, 0.4) is 0 Å². The van der Waals surface area contributed by atoms with Gasteiger partial charge in [0.15, 0.2) is 0 Å². The Morgan fingerprint density at radius 3 is 1.33 bits per heavy atom. The number of hydrogen-bond donors (Lipinski definition) is 4. The zero-order chi connectivity index (χ0) is 26.9. The Kier molecular flexibility index (Phi) is 11.8. The second-order valence-electron chi connectivity index (χ2n) is 12.8. The fourth-order valence-electron chi connectivity index (χ4n) is 4.57. The first kappa shape index (κ1) is 31.1. The third-order valence-corrected chi connectivity index (χ3v) is 11.6. The summed E-state index contributed by atoms with van der Waals surface area (Å²) in [5.41, 5.74) is 0.943. The Labute approximate surface area is 224 Å². The first-order chi connectivity index (χ1) is 16.7. The van der Waals surface area contributed by atoms with Gasteiger partial charge in [0.05, 0.1) is 0 Å². The average molecular weight is 545 g/mol. The SMILES string of the molecule is C[Si](C)(C)NCCN(CCN[Si](C)(C)C)CCN[Si](C)(C)CC(O)(c1ccccc1)c1ccccc1. The van der Waals surface area contributed by atoms with E-state index in [9.17, 15) is 5.11 Å². The second kappa shape index (κ2) is 13.6. The summed E-state index contributed by atoms with van der Waals surface area (Å²) in [6.07, 6.45) is 0. The molecule has 8 heteroatoms. The highest BCUT2D eigenvalue weighted by atomic mass is 28.3. The van der Waals surface area contributed by atoms with Crippen molar-refractivity contribution in [1.82, 2.24) is 19.8 Å². The summed E-state index contributed by atoms with van der Waals surface area (Å²) in [5, 5.41) is 12.1. The highest BCUT2D eigenvalue weighted by Crippen LogP contribution is 2.36. The van der Waals surface area contributed by atoms with Gasteiger partial charge >= 0.3 is 0 Å². The zero-order valence-electron chi connectivity index (χ0n) is 24.1. The van der Waals surface area contributed by atoms with Crippen LogP contribution >= 0.6 is 0 Å². The Morgan fingerprint density at radius 1 is 0.611 bits per heavy atom. The van der Waals surface area contributed by atoms with Gasteiger partial charge in [-0.05, 0) is 17.2 Å². The van der Waals surface area contributed by atoms with Crippen molar-refractivity contribution in [2.45, 2.75) is 64.0 Å². The first-order valence-corrected chi connectivity index (χ1v) is 23.7. The van der Waals surface area contributed by atoms with E-state index >= 15 is 0 Å². The molecule has 0 radical (unpaired) electrons. The van der Waals surface area contributed by atoms with Crippen LogP contribution in [0.15, 0.2) is 60.7 Å². The highest BCUT2D eigenvalue weighted by molar-refractivity contribution is 6.75. The third kappa shape index (κ3) is 11.5. The summed E-state index contributed by atoms with van der Waals surface area (Å²) < 4.78 is 0. The molecule has 0 bridgehead atoms. The topological polar surface area (TPSA) is 59.6 Å². The van der Waals surface area contributed by atoms with Crippen LogP contribution in [0.4, 0.5) is 0 Å². The molecule has 0 aliphatic rings. The van der Waals surface area contributed by atoms with Gasteiger partial charge in [-0.15, -0.1) is 0 Å². The quantitative estimate of drug-likeness (QED) is 0.227. The average Bonchev–Trinajstić information content (AvgIpc) is 2.78. The van der Waals surface area contributed by atoms with E-state index in [0.29, 0.717) is 0 Å². The molecule has 4 N–H and O–H groups in total. The molecule has 0 unspecified atom stereocenters. The van der Waals surface area contributed by atoms with Crippen LogP contribution < -0.4 is 14.9 Å². The molecule has 2 aromatic rings. The molecule has 2 aromatic carbocycles. The van der Waals surface area contributed by atoms with E-state index in [-0.39, 0.29) is 0 Å². The maximum atomic E-state index is 12.1. The predicted molar refractivity (Wildman–Crippen MR) is 165 cm³/mol. The van der Waals surface area contributed by atoms with Gasteiger partial charge < -0.3 is 20.1 Å². The van der Waals surface area contributed by atoms with Gasteiger partial charge in [0.2, 0.25) is 0 Å². The standard InChI is InChI=1S/C28H52N4OSi3/c1-34(2,3)29-19-22-32(23-20-30-35(4,5)6)24-21-31-36(7,8)25-28(33,26-15-11-9-12-16-26)27-17-13-10-14-18-27/h9-18,29-31,33H,19-25H2,1-8H3. The lowest BCUT2D eigenvalue weighted by Gasteiger charge is -2.37. The van der Waals surface area contributed by atoms with Gasteiger partial charge in [-0.2, -0.15) is 0 Å². The van der Waals surface area contributed by atoms with Crippen LogP contribution in [0.2, 0.25) is 58.4 Å². The molecule has 0 fully saturated rings. The van der Waals surface area contributed by atoms with Crippen LogP contribution in [0.25, 0.3) is 0 Å². The molecule has 0 aromatic heterocycles. The highest BCUT2D eigenvalue weighted by Gasteiger charge is 2.38. The summed E-state index contributed by atoms with van der Waals surface area (Å²) in [6, 6.07) is 21.0. The van der Waals surface area contributed by atoms with Crippen molar-refractivity contribution in [3.8, 4) is 0 Å². The molecule has 2 rings (SSSR count). The van der Waals surface area contributed by atoms with E-state index in [4.69, 9.17) is 0 Å². The number of hydrogen-bond acceptors (Lipinski definition) is 5. The van der Waals surface area contributed by atoms with Crippen molar-refractivity contribution < 1.29 is 5.11 Å². The van der Waals surface area contributed by atoms with E-state index < -0.39 is 30.3 Å². The fraction of sp³-hybridized carbons (Fsp3) is 0.571. The second-order valence-corrected chi connectivity index (χ2v) is 27.0. The fourth-order valence-corrected chi connectivity index (χ4v) is 8.89. The van der Waals surface area contributed by atoms with Crippen LogP contribution in [0.1, 0.15) is 11.1 Å². The van der Waals surface area contributed by atoms with Gasteiger partial charge in [-0.3, -0.25) is 4.90 Å². The molecule has 36 heavy (non-hydrogen) atoms. The first-order valence-electron chi connectivity index (χ1n) is 13.5. The smallest absolute Gasteiger partial charge is 0.123 e. The minimum atomic E-state index is -1.94. The van der Waals surface area contributed by atoms with E-state index in [1.54, 1.807) is 0 Å². The van der Waals surface area contributed by atoms with E-state index in [1.165, 1.54) is 0 Å². The maximum Gasteiger partial charge on any atom is 0.123 e. The number of rotatable bonds is 16. The van der Waals surface area contributed by atoms with Crippen molar-refractivity contribution >= 4 is 24.7 Å². The molecule has 0 aliphatic carbocycles. The summed E-state index contributed by atoms with van der Waals surface area (Å²) in [7, 11) is -4.46. The van der Waals surface area contributed by atoms with Crippen molar-refractivity contribution in [1.29, 1.82) is 0 Å². The van der Waals surface area contributed by atoms with E-state index in [1.807, 2.05) is 36.4 Å². The normalized spacial score (nSPS) is 13.4. The van der Waals surface area contributed by atoms with Crippen molar-refractivity contribution in [3.05, 3.63) is 71.8 Å². The summed E-state index contributed by atoms with van der Waals surface area (Å²) >= 11 is 0. The molecule has 0 atom stereocenters. The Hall–Kier alpha value is -1.11. The van der Waals surface area contributed by atoms with Crippen LogP contribution in [-0.4, -0.2) is 74.0 Å². The molecule has 0 aliphatic heterocycles. The molecule has 0 amide bonds. The maximum absolute atomic E-state index is 12.1. The van der Waals surface area contributed by atoms with Crippen molar-refractivity contribution in [3.63, 3.8) is 0 Å². The number of benzene rings is 2. The van der Waals surface area contributed by atoms with Crippen LogP contribution in [-0.2, 0) is 5.60 Å². The van der Waals surface area contributed by atoms with Gasteiger partial charge in [0.1, 0.15) is 30.3 Å². The summed E-state index contributed by atoms with van der Waals surface area (Å²) in [5.74, 6) is 0. The summed E-state index contributed by atoms with van der Waals surface area (Å²) in [6.45, 7) is 25.0.